The predicted molar refractivity (Wildman–Crippen MR) is 110 cm³/mol. The summed E-state index contributed by atoms with van der Waals surface area (Å²) in [5.74, 6) is -0.634. The Morgan fingerprint density at radius 3 is 2.52 bits per heavy atom. The Morgan fingerprint density at radius 1 is 1.03 bits per heavy atom. The van der Waals surface area contributed by atoms with Crippen LogP contribution in [-0.2, 0) is 25.5 Å². The van der Waals surface area contributed by atoms with Gasteiger partial charge in [0.15, 0.2) is 5.69 Å². The molecule has 9 nitrogen and oxygen atoms in total. The van der Waals surface area contributed by atoms with Crippen molar-refractivity contribution in [3.63, 3.8) is 0 Å². The van der Waals surface area contributed by atoms with E-state index in [9.17, 15) is 14.4 Å². The number of hydrogen-bond acceptors (Lipinski definition) is 7. The third kappa shape index (κ3) is 4.40. The molecular weight excluding hydrogens is 402 g/mol. The minimum atomic E-state index is -0.696. The first-order valence-electron chi connectivity index (χ1n) is 10.5. The highest BCUT2D eigenvalue weighted by Gasteiger charge is 2.30. The molecule has 1 amide bonds. The van der Waals surface area contributed by atoms with E-state index < -0.39 is 18.9 Å². The van der Waals surface area contributed by atoms with Gasteiger partial charge in [-0.25, -0.2) is 14.6 Å². The number of esters is 2. The average Bonchev–Trinajstić information content (AvgIpc) is 3.24. The maximum Gasteiger partial charge on any atom is 0.414 e. The summed E-state index contributed by atoms with van der Waals surface area (Å²) in [5.41, 5.74) is 1.43. The van der Waals surface area contributed by atoms with E-state index in [1.54, 1.807) is 23.8 Å². The van der Waals surface area contributed by atoms with Gasteiger partial charge in [-0.05, 0) is 31.9 Å². The summed E-state index contributed by atoms with van der Waals surface area (Å²) in [5, 5.41) is 0. The van der Waals surface area contributed by atoms with E-state index in [-0.39, 0.29) is 30.7 Å². The molecule has 1 aromatic heterocycles. The van der Waals surface area contributed by atoms with Crippen LogP contribution >= 0.6 is 0 Å². The van der Waals surface area contributed by atoms with Gasteiger partial charge < -0.3 is 14.2 Å². The largest absolute Gasteiger partial charge is 0.449 e. The molecule has 2 heterocycles. The van der Waals surface area contributed by atoms with Gasteiger partial charge in [-0.3, -0.25) is 14.3 Å². The molecule has 0 spiro atoms. The third-order valence-corrected chi connectivity index (χ3v) is 5.54. The molecule has 164 valence electrons. The Bertz CT molecular complexity index is 979. The normalized spacial score (nSPS) is 15.6. The van der Waals surface area contributed by atoms with Crippen molar-refractivity contribution in [2.45, 2.75) is 45.6 Å². The van der Waals surface area contributed by atoms with Crippen molar-refractivity contribution in [2.24, 2.45) is 5.92 Å². The number of anilines is 1. The van der Waals surface area contributed by atoms with Crippen LogP contribution in [-0.4, -0.2) is 41.0 Å². The molecule has 1 saturated carbocycles. The Kier molecular flexibility index (Phi) is 6.20. The minimum Gasteiger partial charge on any atom is -0.449 e. The molecule has 0 atom stereocenters. The molecule has 31 heavy (non-hydrogen) atoms. The molecule has 2 aliphatic rings. The number of aromatic nitrogens is 2. The van der Waals surface area contributed by atoms with Crippen LogP contribution in [0, 0.1) is 5.92 Å². The number of rotatable bonds is 5. The van der Waals surface area contributed by atoms with E-state index >= 15 is 0 Å². The average molecular weight is 427 g/mol. The standard InChI is InChI=1S/C22H25N3O6/c1-2-29-22(28)25-13-19-23-16(12-24(19)17-10-6-7-11-18(17)25)21(27)31-14-30-20(26)15-8-4-3-5-9-15/h6-7,10-12,15H,2-5,8-9,13-14H2,1H3. The maximum atomic E-state index is 12.5. The minimum absolute atomic E-state index is 0.0734. The molecule has 1 fully saturated rings. The number of amides is 1. The molecule has 9 heteroatoms. The van der Waals surface area contributed by atoms with Crippen LogP contribution in [0.15, 0.2) is 30.5 Å². The van der Waals surface area contributed by atoms with Crippen molar-refractivity contribution in [1.82, 2.24) is 9.55 Å². The van der Waals surface area contributed by atoms with Crippen LogP contribution in [0.4, 0.5) is 10.5 Å². The number of hydrogen-bond donors (Lipinski definition) is 0. The lowest BCUT2D eigenvalue weighted by Gasteiger charge is -2.29. The first kappa shape index (κ1) is 20.9. The summed E-state index contributed by atoms with van der Waals surface area (Å²) in [6, 6.07) is 7.29. The second-order valence-electron chi connectivity index (χ2n) is 7.53. The van der Waals surface area contributed by atoms with Gasteiger partial charge in [0.2, 0.25) is 6.79 Å². The Balaban J connectivity index is 1.44. The van der Waals surface area contributed by atoms with E-state index in [4.69, 9.17) is 14.2 Å². The van der Waals surface area contributed by atoms with Crippen molar-refractivity contribution in [3.05, 3.63) is 42.0 Å². The molecule has 1 aromatic carbocycles. The van der Waals surface area contributed by atoms with Crippen molar-refractivity contribution in [2.75, 3.05) is 18.3 Å². The molecule has 1 aliphatic carbocycles. The lowest BCUT2D eigenvalue weighted by Crippen LogP contribution is -2.35. The van der Waals surface area contributed by atoms with E-state index in [1.165, 1.54) is 4.90 Å². The summed E-state index contributed by atoms with van der Waals surface area (Å²) >= 11 is 0. The fourth-order valence-electron chi connectivity index (χ4n) is 4.00. The third-order valence-electron chi connectivity index (χ3n) is 5.54. The number of nitrogens with zero attached hydrogens (tertiary/aromatic N) is 3. The van der Waals surface area contributed by atoms with E-state index in [1.807, 2.05) is 18.2 Å². The summed E-state index contributed by atoms with van der Waals surface area (Å²) in [4.78, 5) is 42.7. The molecule has 0 saturated heterocycles. The second kappa shape index (κ2) is 9.20. The molecular formula is C22H25N3O6. The zero-order chi connectivity index (χ0) is 21.8. The van der Waals surface area contributed by atoms with Gasteiger partial charge in [0.1, 0.15) is 5.82 Å². The van der Waals surface area contributed by atoms with Gasteiger partial charge in [0.05, 0.1) is 30.4 Å². The van der Waals surface area contributed by atoms with Gasteiger partial charge in [-0.15, -0.1) is 0 Å². The Hall–Kier alpha value is -3.36. The number of carbonyl (C=O) groups excluding carboxylic acids is 3. The monoisotopic (exact) mass is 427 g/mol. The number of carbonyl (C=O) groups is 3. The number of imidazole rings is 1. The van der Waals surface area contributed by atoms with Crippen LogP contribution in [0.1, 0.15) is 55.3 Å². The van der Waals surface area contributed by atoms with E-state index in [2.05, 4.69) is 4.98 Å². The molecule has 0 radical (unpaired) electrons. The van der Waals surface area contributed by atoms with Gasteiger partial charge in [0.25, 0.3) is 0 Å². The quantitative estimate of drug-likeness (QED) is 0.531. The van der Waals surface area contributed by atoms with Gasteiger partial charge in [-0.1, -0.05) is 31.4 Å². The van der Waals surface area contributed by atoms with Crippen molar-refractivity contribution < 1.29 is 28.6 Å². The van der Waals surface area contributed by atoms with Crippen molar-refractivity contribution >= 4 is 23.7 Å². The number of ether oxygens (including phenoxy) is 3. The van der Waals surface area contributed by atoms with Gasteiger partial charge >= 0.3 is 18.0 Å². The maximum absolute atomic E-state index is 12.5. The number of benzene rings is 1. The van der Waals surface area contributed by atoms with E-state index in [0.717, 1.165) is 32.1 Å². The lowest BCUT2D eigenvalue weighted by atomic mass is 9.89. The Labute approximate surface area is 179 Å². The molecule has 0 unspecified atom stereocenters. The van der Waals surface area contributed by atoms with Crippen LogP contribution in [0.5, 0.6) is 0 Å². The Morgan fingerprint density at radius 2 is 1.77 bits per heavy atom. The summed E-state index contributed by atoms with van der Waals surface area (Å²) in [6.45, 7) is 1.70. The number of para-hydroxylation sites is 2. The number of fused-ring (bicyclic) bond motifs is 3. The van der Waals surface area contributed by atoms with Crippen molar-refractivity contribution in [3.8, 4) is 5.69 Å². The van der Waals surface area contributed by atoms with Crippen molar-refractivity contribution in [1.29, 1.82) is 0 Å². The molecule has 1 aliphatic heterocycles. The molecule has 4 rings (SSSR count). The van der Waals surface area contributed by atoms with E-state index in [0.29, 0.717) is 17.2 Å². The summed E-state index contributed by atoms with van der Waals surface area (Å²) in [7, 11) is 0. The first-order valence-corrected chi connectivity index (χ1v) is 10.5. The highest BCUT2D eigenvalue weighted by atomic mass is 16.7. The molecule has 0 N–H and O–H groups in total. The van der Waals surface area contributed by atoms with Crippen LogP contribution < -0.4 is 4.90 Å². The SMILES string of the molecule is CCOC(=O)N1Cc2nc(C(=O)OCOC(=O)C3CCCCC3)cn2-c2ccccc21. The summed E-state index contributed by atoms with van der Waals surface area (Å²) in [6.07, 6.45) is 5.88. The topological polar surface area (TPSA) is 100.0 Å². The summed E-state index contributed by atoms with van der Waals surface area (Å²) < 4.78 is 17.1. The highest BCUT2D eigenvalue weighted by Crippen LogP contribution is 2.32. The van der Waals surface area contributed by atoms with Crippen LogP contribution in [0.25, 0.3) is 5.69 Å². The highest BCUT2D eigenvalue weighted by molar-refractivity contribution is 5.92. The smallest absolute Gasteiger partial charge is 0.414 e. The zero-order valence-corrected chi connectivity index (χ0v) is 17.4. The van der Waals surface area contributed by atoms with Gasteiger partial charge in [0, 0.05) is 6.20 Å². The fraction of sp³-hybridized carbons (Fsp3) is 0.455. The molecule has 0 bridgehead atoms. The van der Waals surface area contributed by atoms with Crippen LogP contribution in [0.3, 0.4) is 0 Å². The lowest BCUT2D eigenvalue weighted by molar-refractivity contribution is -0.158. The molecule has 2 aromatic rings. The fourth-order valence-corrected chi connectivity index (χ4v) is 4.00. The first-order chi connectivity index (χ1) is 15.1. The predicted octanol–water partition coefficient (Wildman–Crippen LogP) is 3.59. The van der Waals surface area contributed by atoms with Gasteiger partial charge in [-0.2, -0.15) is 0 Å². The van der Waals surface area contributed by atoms with Crippen LogP contribution in [0.2, 0.25) is 0 Å². The second-order valence-corrected chi connectivity index (χ2v) is 7.53. The zero-order valence-electron chi connectivity index (χ0n) is 17.4.